The van der Waals surface area contributed by atoms with Crippen molar-refractivity contribution >= 4 is 29.2 Å². The van der Waals surface area contributed by atoms with Crippen LogP contribution in [0.15, 0.2) is 35.5 Å². The number of ether oxygens (including phenoxy) is 5. The molecule has 0 aromatic carbocycles. The lowest BCUT2D eigenvalue weighted by Crippen LogP contribution is -2.61. The van der Waals surface area contributed by atoms with E-state index < -0.39 is 71.8 Å². The van der Waals surface area contributed by atoms with Gasteiger partial charge in [-0.25, -0.2) is 4.79 Å². The summed E-state index contributed by atoms with van der Waals surface area (Å²) < 4.78 is 29.3. The van der Waals surface area contributed by atoms with Crippen molar-refractivity contribution in [3.05, 3.63) is 35.5 Å². The normalized spacial score (nSPS) is 39.4. The Kier molecular flexibility index (Phi) is 21.0. The van der Waals surface area contributed by atoms with Crippen LogP contribution in [-0.4, -0.2) is 132 Å². The first-order valence-corrected chi connectivity index (χ1v) is 23.8. The molecule has 14 nitrogen and oxygen atoms in total. The van der Waals surface area contributed by atoms with E-state index in [1.165, 1.54) is 12.0 Å². The van der Waals surface area contributed by atoms with E-state index in [-0.39, 0.29) is 60.9 Å². The maximum atomic E-state index is 14.3. The van der Waals surface area contributed by atoms with E-state index in [2.05, 4.69) is 0 Å². The first kappa shape index (κ1) is 53.5. The van der Waals surface area contributed by atoms with Crippen LogP contribution in [0.2, 0.25) is 0 Å². The number of hydrogen-bond donors (Lipinski definition) is 3. The molecule has 0 aromatic rings. The van der Waals surface area contributed by atoms with Crippen molar-refractivity contribution in [2.75, 3.05) is 27.9 Å². The highest BCUT2D eigenvalue weighted by Gasteiger charge is 2.53. The van der Waals surface area contributed by atoms with Crippen LogP contribution in [-0.2, 0) is 47.7 Å². The summed E-state index contributed by atoms with van der Waals surface area (Å²) in [6.45, 7) is 10.8. The van der Waals surface area contributed by atoms with Gasteiger partial charge in [-0.05, 0) is 114 Å². The number of carbonyl (C=O) groups excluding carboxylic acids is 5. The molecule has 64 heavy (non-hydrogen) atoms. The Morgan fingerprint density at radius 1 is 0.859 bits per heavy atom. The second-order valence-corrected chi connectivity index (χ2v) is 19.3. The fourth-order valence-electron chi connectivity index (χ4n) is 10.0. The van der Waals surface area contributed by atoms with Crippen LogP contribution in [0.3, 0.4) is 0 Å². The summed E-state index contributed by atoms with van der Waals surface area (Å²) in [5.74, 6) is -7.79. The second-order valence-electron chi connectivity index (χ2n) is 19.3. The molecular formula is C50H79NO13. The number of hydrogen-bond acceptors (Lipinski definition) is 13. The SMILES string of the molecule is CO[C@H]1C[C@@H]2CC[C@@H](C)[C@@](O)(O2)C(=O)C(=O)N2CCCC[C@H]2C(=O)O[C@H]([C@H](C)C[C@H]2CC[C@@H](O)[C@H](OC)C2)CC(=O)[C@H](C)/C=C(\C)[C@@H](O)[C@@H](OC)C(=O)[C@H](C)CCCC/C=C/C=C/1C. The van der Waals surface area contributed by atoms with Gasteiger partial charge in [-0.15, -0.1) is 0 Å². The Morgan fingerprint density at radius 2 is 1.58 bits per heavy atom. The Bertz CT molecular complexity index is 1680. The second kappa shape index (κ2) is 25.1. The minimum atomic E-state index is -2.42. The summed E-state index contributed by atoms with van der Waals surface area (Å²) in [6, 6.07) is -1.13. The van der Waals surface area contributed by atoms with Gasteiger partial charge >= 0.3 is 5.97 Å². The molecule has 4 rings (SSSR count). The number of Topliss-reactive ketones (excluding diaryl/α,β-unsaturated/α-hetero) is 3. The first-order chi connectivity index (χ1) is 30.4. The molecule has 3 N–H and O–H groups in total. The molecule has 1 aliphatic carbocycles. The lowest BCUT2D eigenvalue weighted by Gasteiger charge is -2.42. The Hall–Kier alpha value is -3.11. The Labute approximate surface area is 381 Å². The molecule has 14 atom stereocenters. The van der Waals surface area contributed by atoms with E-state index in [0.29, 0.717) is 63.4 Å². The van der Waals surface area contributed by atoms with Gasteiger partial charge in [0.05, 0.1) is 24.4 Å². The van der Waals surface area contributed by atoms with Gasteiger partial charge in [0, 0.05) is 58.5 Å². The van der Waals surface area contributed by atoms with Gasteiger partial charge in [-0.1, -0.05) is 58.4 Å². The summed E-state index contributed by atoms with van der Waals surface area (Å²) in [6.07, 6.45) is 10.3. The topological polar surface area (TPSA) is 195 Å². The van der Waals surface area contributed by atoms with Crippen molar-refractivity contribution in [1.82, 2.24) is 4.90 Å². The summed E-state index contributed by atoms with van der Waals surface area (Å²) in [7, 11) is 4.55. The monoisotopic (exact) mass is 902 g/mol. The van der Waals surface area contributed by atoms with E-state index in [9.17, 15) is 39.3 Å². The number of piperidine rings is 1. The molecule has 0 radical (unpaired) electrons. The fourth-order valence-corrected chi connectivity index (χ4v) is 10.0. The van der Waals surface area contributed by atoms with E-state index in [1.807, 2.05) is 39.0 Å². The summed E-state index contributed by atoms with van der Waals surface area (Å²) >= 11 is 0. The van der Waals surface area contributed by atoms with Crippen molar-refractivity contribution in [2.24, 2.45) is 29.6 Å². The number of esters is 1. The molecule has 0 aromatic heterocycles. The third kappa shape index (κ3) is 14.0. The summed E-state index contributed by atoms with van der Waals surface area (Å²) in [5.41, 5.74) is 1.32. The summed E-state index contributed by atoms with van der Waals surface area (Å²) in [5, 5.41) is 33.8. The highest BCUT2D eigenvalue weighted by molar-refractivity contribution is 6.39. The van der Waals surface area contributed by atoms with Crippen molar-refractivity contribution < 1.29 is 63.0 Å². The maximum Gasteiger partial charge on any atom is 0.329 e. The molecule has 2 bridgehead atoms. The van der Waals surface area contributed by atoms with Gasteiger partial charge < -0.3 is 43.9 Å². The van der Waals surface area contributed by atoms with Gasteiger partial charge in [0.1, 0.15) is 30.1 Å². The van der Waals surface area contributed by atoms with Crippen LogP contribution >= 0.6 is 0 Å². The van der Waals surface area contributed by atoms with E-state index in [0.717, 1.165) is 31.3 Å². The number of ketones is 3. The van der Waals surface area contributed by atoms with Crippen molar-refractivity contribution in [3.8, 4) is 0 Å². The number of aliphatic hydroxyl groups is 3. The smallest absolute Gasteiger partial charge is 0.329 e. The van der Waals surface area contributed by atoms with Crippen LogP contribution in [0.25, 0.3) is 0 Å². The van der Waals surface area contributed by atoms with Gasteiger partial charge in [0.2, 0.25) is 5.79 Å². The molecule has 1 saturated carbocycles. The Morgan fingerprint density at radius 3 is 2.27 bits per heavy atom. The van der Waals surface area contributed by atoms with Crippen LogP contribution in [0.4, 0.5) is 0 Å². The van der Waals surface area contributed by atoms with Gasteiger partial charge in [-0.2, -0.15) is 0 Å². The average molecular weight is 902 g/mol. The number of methoxy groups -OCH3 is 3. The third-order valence-electron chi connectivity index (χ3n) is 14.5. The largest absolute Gasteiger partial charge is 0.460 e. The predicted octanol–water partition coefficient (Wildman–Crippen LogP) is 6.16. The van der Waals surface area contributed by atoms with Crippen LogP contribution in [0.1, 0.15) is 138 Å². The predicted molar refractivity (Wildman–Crippen MR) is 241 cm³/mol. The number of amides is 1. The molecule has 4 aliphatic rings. The molecular weight excluding hydrogens is 823 g/mol. The lowest BCUT2D eigenvalue weighted by molar-refractivity contribution is -0.265. The van der Waals surface area contributed by atoms with E-state index in [4.69, 9.17) is 23.7 Å². The standard InChI is InChI=1S/C50H79NO13/c1-30-17-13-11-10-12-14-18-31(2)44(54)46(62-9)45(55)34(5)25-32(3)40(53)29-42(33(4)26-36-21-23-39(52)43(27-36)61-8)63-49(58)38-19-15-16-24-51(38)48(57)47(56)50(59)35(6)20-22-37(64-50)28-41(30)60-7/h11,13,17,25,31-33,35-39,41-43,45-46,52,55,59H,10,12,14-16,18-24,26-29H2,1-9H3/b13-11+,30-17+,34-25+/t31-,32-,33-,35-,36-,37+,38+,39-,41+,42+,43-,45-,46+,50-/m1/s1. The van der Waals surface area contributed by atoms with Gasteiger partial charge in [0.25, 0.3) is 11.7 Å². The number of cyclic esters (lactones) is 1. The quantitative estimate of drug-likeness (QED) is 0.156. The number of rotatable bonds is 6. The molecule has 3 aliphatic heterocycles. The Balaban J connectivity index is 1.67. The number of allylic oxidation sites excluding steroid dienone is 4. The average Bonchev–Trinajstić information content (AvgIpc) is 3.28. The van der Waals surface area contributed by atoms with Gasteiger partial charge in [-0.3, -0.25) is 19.2 Å². The molecule has 3 heterocycles. The highest BCUT2D eigenvalue weighted by atomic mass is 16.6. The third-order valence-corrected chi connectivity index (χ3v) is 14.5. The maximum absolute atomic E-state index is 14.3. The molecule has 2 saturated heterocycles. The molecule has 362 valence electrons. The molecule has 14 heteroatoms. The number of carbonyl (C=O) groups is 5. The molecule has 0 spiro atoms. The van der Waals surface area contributed by atoms with Crippen molar-refractivity contribution in [1.29, 1.82) is 0 Å². The highest BCUT2D eigenvalue weighted by Crippen LogP contribution is 2.38. The first-order valence-electron chi connectivity index (χ1n) is 23.8. The van der Waals surface area contributed by atoms with Crippen molar-refractivity contribution in [3.63, 3.8) is 0 Å². The minimum Gasteiger partial charge on any atom is -0.460 e. The zero-order valence-electron chi connectivity index (χ0n) is 40.0. The van der Waals surface area contributed by atoms with Gasteiger partial charge in [0.15, 0.2) is 5.78 Å². The van der Waals surface area contributed by atoms with E-state index >= 15 is 0 Å². The zero-order chi connectivity index (χ0) is 47.3. The molecule has 1 amide bonds. The minimum absolute atomic E-state index is 0.0939. The number of fused-ring (bicyclic) bond motifs is 3. The number of aliphatic hydroxyl groups excluding tert-OH is 2. The summed E-state index contributed by atoms with van der Waals surface area (Å²) in [4.78, 5) is 71.6. The fraction of sp³-hybridized carbons (Fsp3) is 0.780. The van der Waals surface area contributed by atoms with Crippen LogP contribution < -0.4 is 0 Å². The van der Waals surface area contributed by atoms with Crippen LogP contribution in [0, 0.1) is 29.6 Å². The number of nitrogens with zero attached hydrogens (tertiary/aromatic N) is 1. The zero-order valence-corrected chi connectivity index (χ0v) is 40.0. The molecule has 3 fully saturated rings. The van der Waals surface area contributed by atoms with E-state index in [1.54, 1.807) is 41.1 Å². The van der Waals surface area contributed by atoms with Crippen LogP contribution in [0.5, 0.6) is 0 Å². The molecule has 0 unspecified atom stereocenters. The van der Waals surface area contributed by atoms with Crippen molar-refractivity contribution in [2.45, 2.75) is 192 Å². The lowest BCUT2D eigenvalue weighted by atomic mass is 9.78.